The number of rotatable bonds is 4. The van der Waals surface area contributed by atoms with Gasteiger partial charge in [-0.1, -0.05) is 49.9 Å². The first-order valence-corrected chi connectivity index (χ1v) is 6.80. The molecule has 0 aliphatic heterocycles. The fourth-order valence-electron chi connectivity index (χ4n) is 2.79. The van der Waals surface area contributed by atoms with Gasteiger partial charge in [-0.05, 0) is 36.3 Å². The van der Waals surface area contributed by atoms with Crippen LogP contribution in [0.25, 0.3) is 0 Å². The van der Waals surface area contributed by atoms with Crippen molar-refractivity contribution in [2.45, 2.75) is 50.9 Å². The zero-order valence-electron chi connectivity index (χ0n) is 10.5. The van der Waals surface area contributed by atoms with Gasteiger partial charge in [0.2, 0.25) is 0 Å². The van der Waals surface area contributed by atoms with E-state index in [4.69, 9.17) is 5.90 Å². The fourth-order valence-corrected chi connectivity index (χ4v) is 2.79. The maximum Gasteiger partial charge on any atom is 0.0719 e. The van der Waals surface area contributed by atoms with E-state index >= 15 is 0 Å². The molecule has 0 heterocycles. The van der Waals surface area contributed by atoms with Crippen molar-refractivity contribution in [1.29, 1.82) is 0 Å². The van der Waals surface area contributed by atoms with Gasteiger partial charge in [-0.2, -0.15) is 0 Å². The Morgan fingerprint density at radius 1 is 1.12 bits per heavy atom. The van der Waals surface area contributed by atoms with Crippen LogP contribution in [0.3, 0.4) is 0 Å². The van der Waals surface area contributed by atoms with Gasteiger partial charge in [0.1, 0.15) is 0 Å². The van der Waals surface area contributed by atoms with E-state index in [1.807, 2.05) is 0 Å². The summed E-state index contributed by atoms with van der Waals surface area (Å²) in [5, 5.41) is 0. The second-order valence-corrected chi connectivity index (χ2v) is 5.05. The molecule has 2 N–H and O–H groups in total. The first kappa shape index (κ1) is 12.6. The Bertz CT molecular complexity index is 329. The Hall–Kier alpha value is -0.860. The van der Waals surface area contributed by atoms with Crippen molar-refractivity contribution in [1.82, 2.24) is 0 Å². The van der Waals surface area contributed by atoms with Crippen molar-refractivity contribution in [2.75, 3.05) is 6.61 Å². The van der Waals surface area contributed by atoms with Gasteiger partial charge in [0.15, 0.2) is 0 Å². The van der Waals surface area contributed by atoms with Crippen LogP contribution in [0, 0.1) is 0 Å². The first-order chi connectivity index (χ1) is 8.40. The van der Waals surface area contributed by atoms with E-state index in [2.05, 4.69) is 29.1 Å². The van der Waals surface area contributed by atoms with Crippen LogP contribution in [-0.4, -0.2) is 6.61 Å². The number of benzene rings is 1. The summed E-state index contributed by atoms with van der Waals surface area (Å²) in [6, 6.07) is 8.96. The first-order valence-electron chi connectivity index (χ1n) is 6.80. The van der Waals surface area contributed by atoms with Crippen LogP contribution < -0.4 is 5.90 Å². The lowest BCUT2D eigenvalue weighted by molar-refractivity contribution is 0.141. The SMILES string of the molecule is NOCCc1cccc(C2CCCCCC2)c1. The van der Waals surface area contributed by atoms with Crippen molar-refractivity contribution in [2.24, 2.45) is 5.90 Å². The predicted molar refractivity (Wildman–Crippen MR) is 70.7 cm³/mol. The lowest BCUT2D eigenvalue weighted by Gasteiger charge is -2.15. The molecule has 2 heteroatoms. The summed E-state index contributed by atoms with van der Waals surface area (Å²) in [5.41, 5.74) is 2.86. The average molecular weight is 233 g/mol. The van der Waals surface area contributed by atoms with E-state index < -0.39 is 0 Å². The lowest BCUT2D eigenvalue weighted by Crippen LogP contribution is -2.04. The van der Waals surface area contributed by atoms with Gasteiger partial charge in [-0.25, -0.2) is 5.90 Å². The van der Waals surface area contributed by atoms with Gasteiger partial charge in [0.05, 0.1) is 6.61 Å². The highest BCUT2D eigenvalue weighted by Gasteiger charge is 2.14. The Labute approximate surface area is 104 Å². The van der Waals surface area contributed by atoms with Gasteiger partial charge >= 0.3 is 0 Å². The molecule has 17 heavy (non-hydrogen) atoms. The smallest absolute Gasteiger partial charge is 0.0719 e. The van der Waals surface area contributed by atoms with E-state index in [0.29, 0.717) is 6.61 Å². The molecule has 1 saturated carbocycles. The van der Waals surface area contributed by atoms with Crippen LogP contribution in [0.4, 0.5) is 0 Å². The van der Waals surface area contributed by atoms with Crippen LogP contribution in [0.5, 0.6) is 0 Å². The highest BCUT2D eigenvalue weighted by atomic mass is 16.6. The number of nitrogens with two attached hydrogens (primary N) is 1. The Kier molecular flexibility index (Phi) is 5.02. The minimum Gasteiger partial charge on any atom is -0.304 e. The maximum absolute atomic E-state index is 5.08. The molecule has 0 atom stereocenters. The molecular weight excluding hydrogens is 210 g/mol. The average Bonchev–Trinajstić information content (AvgIpc) is 2.65. The molecule has 2 nitrogen and oxygen atoms in total. The molecule has 2 rings (SSSR count). The Balaban J connectivity index is 2.03. The molecule has 0 amide bonds. The monoisotopic (exact) mass is 233 g/mol. The van der Waals surface area contributed by atoms with Crippen LogP contribution in [0.1, 0.15) is 55.6 Å². The van der Waals surface area contributed by atoms with E-state index in [9.17, 15) is 0 Å². The Morgan fingerprint density at radius 3 is 2.59 bits per heavy atom. The molecule has 1 aromatic carbocycles. The van der Waals surface area contributed by atoms with Crippen molar-refractivity contribution in [3.8, 4) is 0 Å². The molecule has 1 aliphatic rings. The molecule has 94 valence electrons. The molecular formula is C15H23NO. The summed E-state index contributed by atoms with van der Waals surface area (Å²) in [4.78, 5) is 4.65. The lowest BCUT2D eigenvalue weighted by atomic mass is 9.90. The molecule has 0 unspecified atom stereocenters. The molecule has 0 radical (unpaired) electrons. The summed E-state index contributed by atoms with van der Waals surface area (Å²) in [5.74, 6) is 5.85. The second-order valence-electron chi connectivity index (χ2n) is 5.05. The number of hydrogen-bond donors (Lipinski definition) is 1. The fraction of sp³-hybridized carbons (Fsp3) is 0.600. The van der Waals surface area contributed by atoms with E-state index in [1.54, 1.807) is 0 Å². The van der Waals surface area contributed by atoms with Crippen LogP contribution in [-0.2, 0) is 11.3 Å². The number of hydrogen-bond acceptors (Lipinski definition) is 2. The van der Waals surface area contributed by atoms with E-state index in [-0.39, 0.29) is 0 Å². The highest BCUT2D eigenvalue weighted by molar-refractivity contribution is 5.26. The zero-order valence-corrected chi connectivity index (χ0v) is 10.5. The molecule has 0 bridgehead atoms. The highest BCUT2D eigenvalue weighted by Crippen LogP contribution is 2.31. The maximum atomic E-state index is 5.08. The summed E-state index contributed by atoms with van der Waals surface area (Å²) >= 11 is 0. The minimum absolute atomic E-state index is 0.605. The summed E-state index contributed by atoms with van der Waals surface area (Å²) in [6.07, 6.45) is 9.24. The minimum atomic E-state index is 0.605. The van der Waals surface area contributed by atoms with Gasteiger partial charge in [-0.3, -0.25) is 0 Å². The van der Waals surface area contributed by atoms with Crippen LogP contribution in [0.2, 0.25) is 0 Å². The largest absolute Gasteiger partial charge is 0.304 e. The molecule has 1 aliphatic carbocycles. The van der Waals surface area contributed by atoms with Crippen LogP contribution >= 0.6 is 0 Å². The quantitative estimate of drug-likeness (QED) is 0.637. The summed E-state index contributed by atoms with van der Waals surface area (Å²) in [7, 11) is 0. The van der Waals surface area contributed by atoms with Crippen molar-refractivity contribution >= 4 is 0 Å². The molecule has 0 aromatic heterocycles. The van der Waals surface area contributed by atoms with Crippen molar-refractivity contribution in [3.63, 3.8) is 0 Å². The second kappa shape index (κ2) is 6.77. The third-order valence-corrected chi connectivity index (χ3v) is 3.79. The topological polar surface area (TPSA) is 35.2 Å². The summed E-state index contributed by atoms with van der Waals surface area (Å²) < 4.78 is 0. The molecule has 0 saturated heterocycles. The van der Waals surface area contributed by atoms with Gasteiger partial charge in [-0.15, -0.1) is 0 Å². The van der Waals surface area contributed by atoms with Gasteiger partial charge in [0.25, 0.3) is 0 Å². The molecule has 1 fully saturated rings. The molecule has 0 spiro atoms. The van der Waals surface area contributed by atoms with Crippen molar-refractivity contribution in [3.05, 3.63) is 35.4 Å². The molecule has 1 aromatic rings. The predicted octanol–water partition coefficient (Wildman–Crippen LogP) is 3.56. The van der Waals surface area contributed by atoms with Crippen molar-refractivity contribution < 1.29 is 4.84 Å². The van der Waals surface area contributed by atoms with Gasteiger partial charge < -0.3 is 4.84 Å². The standard InChI is InChI=1S/C15H23NO/c16-17-11-10-13-6-5-9-15(12-13)14-7-3-1-2-4-8-14/h5-6,9,12,14H,1-4,7-8,10-11,16H2. The Morgan fingerprint density at radius 2 is 1.88 bits per heavy atom. The third kappa shape index (κ3) is 3.83. The van der Waals surface area contributed by atoms with E-state index in [1.165, 1.54) is 49.7 Å². The normalized spacial score (nSPS) is 17.9. The third-order valence-electron chi connectivity index (χ3n) is 3.79. The van der Waals surface area contributed by atoms with Crippen LogP contribution in [0.15, 0.2) is 24.3 Å². The van der Waals surface area contributed by atoms with E-state index in [0.717, 1.165) is 12.3 Å². The summed E-state index contributed by atoms with van der Waals surface area (Å²) in [6.45, 7) is 0.605. The zero-order chi connectivity index (χ0) is 11.9. The van der Waals surface area contributed by atoms with Gasteiger partial charge in [0, 0.05) is 0 Å².